The third-order valence-corrected chi connectivity index (χ3v) is 3.93. The van der Waals surface area contributed by atoms with E-state index in [-0.39, 0.29) is 18.2 Å². The zero-order valence-electron chi connectivity index (χ0n) is 12.6. The molecule has 1 fully saturated rings. The van der Waals surface area contributed by atoms with Crippen LogP contribution in [-0.2, 0) is 16.0 Å². The van der Waals surface area contributed by atoms with Crippen molar-refractivity contribution in [1.29, 1.82) is 0 Å². The van der Waals surface area contributed by atoms with Crippen LogP contribution in [0.15, 0.2) is 42.5 Å². The van der Waals surface area contributed by atoms with Crippen LogP contribution in [0.3, 0.4) is 0 Å². The number of benzene rings is 2. The van der Waals surface area contributed by atoms with Crippen LogP contribution in [-0.4, -0.2) is 23.9 Å². The molecule has 0 heterocycles. The van der Waals surface area contributed by atoms with Gasteiger partial charge in [-0.2, -0.15) is 0 Å². The van der Waals surface area contributed by atoms with E-state index in [1.165, 1.54) is 0 Å². The maximum absolute atomic E-state index is 12.2. The molecule has 0 unspecified atom stereocenters. The molecule has 1 aliphatic carbocycles. The van der Waals surface area contributed by atoms with Crippen molar-refractivity contribution in [3.05, 3.63) is 48.0 Å². The highest BCUT2D eigenvalue weighted by Gasteiger charge is 2.26. The van der Waals surface area contributed by atoms with E-state index in [1.807, 2.05) is 42.5 Å². The lowest BCUT2D eigenvalue weighted by atomic mass is 10.0. The fourth-order valence-corrected chi connectivity index (χ4v) is 2.53. The van der Waals surface area contributed by atoms with Gasteiger partial charge >= 0.3 is 0 Å². The zero-order valence-corrected chi connectivity index (χ0v) is 12.6. The molecule has 4 heteroatoms. The first kappa shape index (κ1) is 14.6. The summed E-state index contributed by atoms with van der Waals surface area (Å²) in [6.07, 6.45) is 2.37. The number of rotatable bonds is 5. The van der Waals surface area contributed by atoms with E-state index in [0.29, 0.717) is 6.04 Å². The zero-order chi connectivity index (χ0) is 15.5. The number of hydrogen-bond donors (Lipinski definition) is 2. The number of hydrogen-bond acceptors (Lipinski definition) is 2. The molecule has 1 atom stereocenters. The Morgan fingerprint density at radius 2 is 1.86 bits per heavy atom. The van der Waals surface area contributed by atoms with Crippen LogP contribution in [0.2, 0.25) is 0 Å². The summed E-state index contributed by atoms with van der Waals surface area (Å²) in [5.74, 6) is -0.233. The summed E-state index contributed by atoms with van der Waals surface area (Å²) in [6, 6.07) is 13.7. The van der Waals surface area contributed by atoms with Crippen molar-refractivity contribution >= 4 is 22.6 Å². The van der Waals surface area contributed by atoms with Crippen molar-refractivity contribution in [2.75, 3.05) is 0 Å². The van der Waals surface area contributed by atoms with Crippen LogP contribution < -0.4 is 10.6 Å². The van der Waals surface area contributed by atoms with Gasteiger partial charge in [0.2, 0.25) is 11.8 Å². The summed E-state index contributed by atoms with van der Waals surface area (Å²) in [7, 11) is 0. The maximum atomic E-state index is 12.2. The molecule has 2 amide bonds. The molecule has 114 valence electrons. The third kappa shape index (κ3) is 3.45. The number of fused-ring (bicyclic) bond motifs is 1. The first-order valence-electron chi connectivity index (χ1n) is 7.70. The van der Waals surface area contributed by atoms with Crippen molar-refractivity contribution in [3.8, 4) is 0 Å². The van der Waals surface area contributed by atoms with Crippen LogP contribution in [0.5, 0.6) is 0 Å². The number of carbonyl (C=O) groups is 2. The first-order chi connectivity index (χ1) is 10.6. The number of amides is 2. The highest BCUT2D eigenvalue weighted by molar-refractivity contribution is 5.92. The third-order valence-electron chi connectivity index (χ3n) is 3.93. The molecule has 0 saturated heterocycles. The van der Waals surface area contributed by atoms with Gasteiger partial charge in [-0.15, -0.1) is 0 Å². The Labute approximate surface area is 129 Å². The molecule has 0 aromatic heterocycles. The minimum Gasteiger partial charge on any atom is -0.352 e. The van der Waals surface area contributed by atoms with E-state index < -0.39 is 6.04 Å². The second-order valence-corrected chi connectivity index (χ2v) is 5.89. The summed E-state index contributed by atoms with van der Waals surface area (Å²) < 4.78 is 0. The molecule has 0 bridgehead atoms. The normalized spacial score (nSPS) is 15.3. The fourth-order valence-electron chi connectivity index (χ4n) is 2.53. The largest absolute Gasteiger partial charge is 0.352 e. The van der Waals surface area contributed by atoms with E-state index in [9.17, 15) is 9.59 Å². The van der Waals surface area contributed by atoms with Crippen molar-refractivity contribution in [3.63, 3.8) is 0 Å². The Morgan fingerprint density at radius 1 is 1.14 bits per heavy atom. The molecular weight excluding hydrogens is 276 g/mol. The van der Waals surface area contributed by atoms with Gasteiger partial charge in [-0.1, -0.05) is 42.5 Å². The predicted octanol–water partition coefficient (Wildman–Crippen LogP) is 2.17. The lowest BCUT2D eigenvalue weighted by Crippen LogP contribution is -2.45. The number of nitrogens with one attached hydrogen (secondary N) is 2. The van der Waals surface area contributed by atoms with Gasteiger partial charge in [0.05, 0.1) is 6.42 Å². The van der Waals surface area contributed by atoms with E-state index in [4.69, 9.17) is 0 Å². The monoisotopic (exact) mass is 296 g/mol. The second kappa shape index (κ2) is 6.18. The van der Waals surface area contributed by atoms with E-state index >= 15 is 0 Å². The van der Waals surface area contributed by atoms with Crippen molar-refractivity contribution in [2.45, 2.75) is 38.3 Å². The van der Waals surface area contributed by atoms with E-state index in [1.54, 1.807) is 6.92 Å². The molecule has 3 rings (SSSR count). The Morgan fingerprint density at radius 3 is 2.64 bits per heavy atom. The molecule has 1 saturated carbocycles. The molecule has 22 heavy (non-hydrogen) atoms. The van der Waals surface area contributed by atoms with Crippen LogP contribution >= 0.6 is 0 Å². The Balaban J connectivity index is 1.64. The average molecular weight is 296 g/mol. The molecule has 0 radical (unpaired) electrons. The van der Waals surface area contributed by atoms with Gasteiger partial charge in [0.15, 0.2) is 0 Å². The number of carbonyl (C=O) groups excluding carboxylic acids is 2. The molecule has 0 spiro atoms. The Hall–Kier alpha value is -2.36. The van der Waals surface area contributed by atoms with E-state index in [2.05, 4.69) is 10.6 Å². The molecule has 2 aromatic carbocycles. The molecule has 0 aliphatic heterocycles. The highest BCUT2D eigenvalue weighted by atomic mass is 16.2. The van der Waals surface area contributed by atoms with Crippen molar-refractivity contribution in [2.24, 2.45) is 0 Å². The predicted molar refractivity (Wildman–Crippen MR) is 86.4 cm³/mol. The Bertz CT molecular complexity index is 702. The Kier molecular flexibility index (Phi) is 4.09. The molecular formula is C18H20N2O2. The average Bonchev–Trinajstić information content (AvgIpc) is 3.31. The van der Waals surface area contributed by atoms with Crippen LogP contribution in [0, 0.1) is 0 Å². The topological polar surface area (TPSA) is 58.2 Å². The van der Waals surface area contributed by atoms with Gasteiger partial charge in [0, 0.05) is 6.04 Å². The lowest BCUT2D eigenvalue weighted by Gasteiger charge is -2.14. The van der Waals surface area contributed by atoms with Crippen LogP contribution in [0.4, 0.5) is 0 Å². The summed E-state index contributed by atoms with van der Waals surface area (Å²) >= 11 is 0. The quantitative estimate of drug-likeness (QED) is 0.888. The van der Waals surface area contributed by atoms with Gasteiger partial charge < -0.3 is 10.6 Å². The van der Waals surface area contributed by atoms with E-state index in [0.717, 1.165) is 29.2 Å². The SMILES string of the molecule is C[C@@H](NC(=O)Cc1cccc2ccccc12)C(=O)NC1CC1. The van der Waals surface area contributed by atoms with Crippen LogP contribution in [0.1, 0.15) is 25.3 Å². The standard InChI is InChI=1S/C18H20N2O2/c1-12(18(22)20-15-9-10-15)19-17(21)11-14-7-4-6-13-5-2-3-8-16(13)14/h2-8,12,15H,9-11H2,1H3,(H,19,21)(H,20,22)/t12-/m1/s1. The molecule has 1 aliphatic rings. The molecule has 4 nitrogen and oxygen atoms in total. The van der Waals surface area contributed by atoms with Gasteiger partial charge in [-0.3, -0.25) is 9.59 Å². The minimum atomic E-state index is -0.497. The van der Waals surface area contributed by atoms with Crippen LogP contribution in [0.25, 0.3) is 10.8 Å². The maximum Gasteiger partial charge on any atom is 0.242 e. The summed E-state index contributed by atoms with van der Waals surface area (Å²) in [6.45, 7) is 1.72. The summed E-state index contributed by atoms with van der Waals surface area (Å²) in [5.41, 5.74) is 0.977. The second-order valence-electron chi connectivity index (χ2n) is 5.89. The summed E-state index contributed by atoms with van der Waals surface area (Å²) in [4.78, 5) is 24.0. The van der Waals surface area contributed by atoms with Gasteiger partial charge in [0.1, 0.15) is 6.04 Å². The fraction of sp³-hybridized carbons (Fsp3) is 0.333. The summed E-state index contributed by atoms with van der Waals surface area (Å²) in [5, 5.41) is 7.87. The first-order valence-corrected chi connectivity index (χ1v) is 7.70. The minimum absolute atomic E-state index is 0.103. The molecule has 2 N–H and O–H groups in total. The van der Waals surface area contributed by atoms with Gasteiger partial charge in [0.25, 0.3) is 0 Å². The molecule has 2 aromatic rings. The van der Waals surface area contributed by atoms with Gasteiger partial charge in [-0.25, -0.2) is 0 Å². The highest BCUT2D eigenvalue weighted by Crippen LogP contribution is 2.19. The van der Waals surface area contributed by atoms with Crippen molar-refractivity contribution in [1.82, 2.24) is 10.6 Å². The smallest absolute Gasteiger partial charge is 0.242 e. The van der Waals surface area contributed by atoms with Gasteiger partial charge in [-0.05, 0) is 36.1 Å². The lowest BCUT2D eigenvalue weighted by molar-refractivity contribution is -0.128. The van der Waals surface area contributed by atoms with Crippen molar-refractivity contribution < 1.29 is 9.59 Å².